The largest absolute Gasteiger partial charge is 0.399 e. The van der Waals surface area contributed by atoms with E-state index in [1.165, 1.54) is 0 Å². The average molecular weight is 173 g/mol. The molecule has 0 radical (unpaired) electrons. The summed E-state index contributed by atoms with van der Waals surface area (Å²) in [6.45, 7) is 0. The van der Waals surface area contributed by atoms with Crippen LogP contribution in [0.15, 0.2) is 30.3 Å². The van der Waals surface area contributed by atoms with Crippen LogP contribution in [0, 0.1) is 15.3 Å². The van der Waals surface area contributed by atoms with Crippen molar-refractivity contribution in [3.8, 4) is 0 Å². The zero-order valence-electron chi connectivity index (χ0n) is 6.64. The van der Waals surface area contributed by atoms with Crippen molar-refractivity contribution in [3.05, 3.63) is 45.7 Å². The summed E-state index contributed by atoms with van der Waals surface area (Å²) in [6.07, 6.45) is 0. The van der Waals surface area contributed by atoms with Gasteiger partial charge >= 0.3 is 0 Å². The van der Waals surface area contributed by atoms with Gasteiger partial charge in [-0.05, 0) is 12.1 Å². The Morgan fingerprint density at radius 2 is 1.50 bits per heavy atom. The van der Waals surface area contributed by atoms with E-state index < -0.39 is 5.09 Å². The summed E-state index contributed by atoms with van der Waals surface area (Å²) in [7, 11) is 0. The van der Waals surface area contributed by atoms with Crippen LogP contribution in [0.3, 0.4) is 0 Å². The SMILES string of the molecule is Nc1ccccc1.O=[N+]([O-])[O-].[NH4+]. The first kappa shape index (κ1) is 12.8. The lowest BCUT2D eigenvalue weighted by Crippen LogP contribution is -1.79. The highest BCUT2D eigenvalue weighted by molar-refractivity contribution is 5.35. The van der Waals surface area contributed by atoms with Crippen molar-refractivity contribution in [2.24, 2.45) is 0 Å². The fraction of sp³-hybridized carbons (Fsp3) is 0. The molecule has 0 amide bonds. The van der Waals surface area contributed by atoms with Gasteiger partial charge in [-0.25, -0.2) is 0 Å². The van der Waals surface area contributed by atoms with Crippen LogP contribution in [-0.2, 0) is 0 Å². The summed E-state index contributed by atoms with van der Waals surface area (Å²) in [4.78, 5) is 8.25. The molecule has 1 rings (SSSR count). The average Bonchev–Trinajstić information content (AvgIpc) is 1.87. The first-order valence-corrected chi connectivity index (χ1v) is 2.75. The fourth-order valence-corrected chi connectivity index (χ4v) is 0.453. The highest BCUT2D eigenvalue weighted by atomic mass is 16.9. The van der Waals surface area contributed by atoms with Crippen molar-refractivity contribution in [3.63, 3.8) is 0 Å². The topological polar surface area (TPSA) is 129 Å². The van der Waals surface area contributed by atoms with E-state index in [1.807, 2.05) is 30.3 Å². The van der Waals surface area contributed by atoms with Gasteiger partial charge in [0.1, 0.15) is 0 Å². The van der Waals surface area contributed by atoms with E-state index >= 15 is 0 Å². The van der Waals surface area contributed by atoms with Gasteiger partial charge in [0, 0.05) is 5.69 Å². The molecule has 0 atom stereocenters. The van der Waals surface area contributed by atoms with Crippen LogP contribution in [0.5, 0.6) is 0 Å². The number of rotatable bonds is 0. The Kier molecular flexibility index (Phi) is 7.79. The Morgan fingerprint density at radius 3 is 1.67 bits per heavy atom. The molecular weight excluding hydrogens is 162 g/mol. The lowest BCUT2D eigenvalue weighted by atomic mass is 10.3. The van der Waals surface area contributed by atoms with E-state index in [0.717, 1.165) is 5.69 Å². The predicted molar refractivity (Wildman–Crippen MR) is 47.2 cm³/mol. The molecule has 0 saturated carbocycles. The van der Waals surface area contributed by atoms with Crippen molar-refractivity contribution in [1.82, 2.24) is 6.15 Å². The summed E-state index contributed by atoms with van der Waals surface area (Å²) in [6, 6.07) is 9.49. The summed E-state index contributed by atoms with van der Waals surface area (Å²) in [5.74, 6) is 0. The van der Waals surface area contributed by atoms with Gasteiger partial charge in [-0.3, -0.25) is 0 Å². The zero-order chi connectivity index (χ0) is 8.69. The standard InChI is InChI=1S/C6H7N.NO3.H3N/c7-6-4-2-1-3-5-6;2-1(3)4;/h1-5H,7H2;;1H3/q;-1;/p+1. The lowest BCUT2D eigenvalue weighted by Gasteiger charge is -1.83. The second kappa shape index (κ2) is 7.29. The quantitative estimate of drug-likeness (QED) is 0.349. The molecule has 6 N–H and O–H groups in total. The van der Waals surface area contributed by atoms with E-state index in [4.69, 9.17) is 21.1 Å². The Hall–Kier alpha value is -1.82. The minimum Gasteiger partial charge on any atom is -0.399 e. The number of nitrogens with two attached hydrogens (primary N) is 1. The maximum Gasteiger partial charge on any atom is 0.0689 e. The van der Waals surface area contributed by atoms with Gasteiger partial charge in [0.05, 0.1) is 5.09 Å². The van der Waals surface area contributed by atoms with E-state index in [-0.39, 0.29) is 6.15 Å². The predicted octanol–water partition coefficient (Wildman–Crippen LogP) is 1.41. The smallest absolute Gasteiger partial charge is 0.0689 e. The zero-order valence-corrected chi connectivity index (χ0v) is 6.64. The van der Waals surface area contributed by atoms with E-state index in [9.17, 15) is 0 Å². The maximum absolute atomic E-state index is 8.25. The fourth-order valence-electron chi connectivity index (χ4n) is 0.453. The number of quaternary nitrogens is 1. The number of hydrogen-bond acceptors (Lipinski definition) is 4. The molecule has 0 spiro atoms. The van der Waals surface area contributed by atoms with Gasteiger partial charge in [0.15, 0.2) is 0 Å². The van der Waals surface area contributed by atoms with Gasteiger partial charge < -0.3 is 27.2 Å². The molecule has 0 aliphatic rings. The Morgan fingerprint density at radius 1 is 1.17 bits per heavy atom. The molecule has 0 fully saturated rings. The van der Waals surface area contributed by atoms with Gasteiger partial charge in [-0.2, -0.15) is 0 Å². The number of nitrogens with zero attached hydrogens (tertiary/aromatic N) is 1. The first-order chi connectivity index (χ1) is 5.13. The molecule has 6 heteroatoms. The van der Waals surface area contributed by atoms with Crippen molar-refractivity contribution in [2.45, 2.75) is 0 Å². The molecule has 0 aliphatic carbocycles. The molecule has 6 nitrogen and oxygen atoms in total. The third kappa shape index (κ3) is 11.0. The lowest BCUT2D eigenvalue weighted by molar-refractivity contribution is -0.402. The van der Waals surface area contributed by atoms with Gasteiger partial charge in [0.2, 0.25) is 0 Å². The third-order valence-corrected chi connectivity index (χ3v) is 0.800. The maximum atomic E-state index is 8.25. The van der Waals surface area contributed by atoms with Gasteiger partial charge in [0.25, 0.3) is 0 Å². The number of para-hydroxylation sites is 1. The molecule has 1 aromatic carbocycles. The molecule has 0 unspecified atom stereocenters. The van der Waals surface area contributed by atoms with Crippen molar-refractivity contribution in [1.29, 1.82) is 0 Å². The molecular formula is C6H11N3O3. The highest BCUT2D eigenvalue weighted by Crippen LogP contribution is 1.95. The molecule has 0 bridgehead atoms. The molecule has 0 aliphatic heterocycles. The Bertz CT molecular complexity index is 211. The Labute approximate surface area is 69.3 Å². The molecule has 1 aromatic rings. The molecule has 0 saturated heterocycles. The summed E-state index contributed by atoms with van der Waals surface area (Å²) >= 11 is 0. The third-order valence-electron chi connectivity index (χ3n) is 0.800. The minimum atomic E-state index is -1.75. The highest BCUT2D eigenvalue weighted by Gasteiger charge is 1.72. The molecule has 68 valence electrons. The van der Waals surface area contributed by atoms with Crippen LogP contribution in [0.4, 0.5) is 5.69 Å². The summed E-state index contributed by atoms with van der Waals surface area (Å²) in [5.41, 5.74) is 6.18. The van der Waals surface area contributed by atoms with Gasteiger partial charge in [-0.1, -0.05) is 18.2 Å². The minimum absolute atomic E-state index is 0. The van der Waals surface area contributed by atoms with Gasteiger partial charge in [-0.15, -0.1) is 0 Å². The van der Waals surface area contributed by atoms with Crippen LogP contribution in [0.1, 0.15) is 0 Å². The summed E-state index contributed by atoms with van der Waals surface area (Å²) < 4.78 is 0. The molecule has 12 heavy (non-hydrogen) atoms. The number of benzene rings is 1. The normalized spacial score (nSPS) is 7.00. The van der Waals surface area contributed by atoms with Crippen molar-refractivity contribution < 1.29 is 5.09 Å². The van der Waals surface area contributed by atoms with Crippen molar-refractivity contribution >= 4 is 5.69 Å². The van der Waals surface area contributed by atoms with Crippen LogP contribution in [0.25, 0.3) is 0 Å². The summed E-state index contributed by atoms with van der Waals surface area (Å²) in [5, 5.41) is 14.8. The Balaban J connectivity index is 0. The molecule has 0 heterocycles. The van der Waals surface area contributed by atoms with E-state index in [0.29, 0.717) is 0 Å². The van der Waals surface area contributed by atoms with Crippen LogP contribution in [0.2, 0.25) is 0 Å². The van der Waals surface area contributed by atoms with Crippen molar-refractivity contribution in [2.75, 3.05) is 5.73 Å². The van der Waals surface area contributed by atoms with E-state index in [2.05, 4.69) is 0 Å². The number of anilines is 1. The second-order valence-electron chi connectivity index (χ2n) is 1.63. The van der Waals surface area contributed by atoms with Crippen LogP contribution in [-0.4, -0.2) is 5.09 Å². The number of hydrogen-bond donors (Lipinski definition) is 2. The first-order valence-electron chi connectivity index (χ1n) is 2.75. The monoisotopic (exact) mass is 173 g/mol. The molecule has 0 aromatic heterocycles. The second-order valence-corrected chi connectivity index (χ2v) is 1.63. The van der Waals surface area contributed by atoms with E-state index in [1.54, 1.807) is 0 Å². The van der Waals surface area contributed by atoms with Crippen LogP contribution < -0.4 is 11.9 Å². The number of nitrogen functional groups attached to an aromatic ring is 1. The van der Waals surface area contributed by atoms with Crippen LogP contribution >= 0.6 is 0 Å².